The highest BCUT2D eigenvalue weighted by atomic mass is 33.1. The largest absolute Gasteiger partial charge is 0.280 e. The first-order chi connectivity index (χ1) is 5.91. The van der Waals surface area contributed by atoms with Crippen molar-refractivity contribution in [3.05, 3.63) is 35.4 Å². The average molecular weight is 216 g/mol. The molecular formula is C9H12O2S2. The smallest absolute Gasteiger partial charge is 0.234 e. The Morgan fingerprint density at radius 3 is 2.15 bits per heavy atom. The lowest BCUT2D eigenvalue weighted by atomic mass is 10.2. The molecule has 0 fully saturated rings. The van der Waals surface area contributed by atoms with Crippen LogP contribution >= 0.6 is 11.7 Å². The summed E-state index contributed by atoms with van der Waals surface area (Å²) in [5, 5.41) is -0.379. The van der Waals surface area contributed by atoms with Crippen molar-refractivity contribution in [2.45, 2.75) is 6.92 Å². The number of aryl methyl sites for hydroxylation is 1. The molecule has 0 aliphatic rings. The molecular weight excluding hydrogens is 204 g/mol. The molecule has 0 radical (unpaired) electrons. The lowest BCUT2D eigenvalue weighted by Gasteiger charge is -2.09. The van der Waals surface area contributed by atoms with Crippen LogP contribution in [-0.4, -0.2) is 15.6 Å². The van der Waals surface area contributed by atoms with Crippen LogP contribution in [0.5, 0.6) is 0 Å². The van der Waals surface area contributed by atoms with E-state index in [2.05, 4.69) is 11.7 Å². The van der Waals surface area contributed by atoms with E-state index in [1.165, 1.54) is 6.26 Å². The molecule has 1 rings (SSSR count). The molecule has 72 valence electrons. The van der Waals surface area contributed by atoms with Crippen LogP contribution in [0, 0.1) is 6.92 Å². The molecule has 0 saturated heterocycles. The summed E-state index contributed by atoms with van der Waals surface area (Å²) in [7, 11) is -2.94. The SMILES string of the molecule is Cc1ccc(C(=O)[SH](C)(=O)S)cc1. The van der Waals surface area contributed by atoms with Gasteiger partial charge in [-0.25, -0.2) is 0 Å². The van der Waals surface area contributed by atoms with Crippen LogP contribution in [-0.2, 0) is 8.96 Å². The van der Waals surface area contributed by atoms with Gasteiger partial charge in [-0.2, -0.15) is 0 Å². The van der Waals surface area contributed by atoms with Gasteiger partial charge in [-0.15, -0.1) is 0 Å². The minimum absolute atomic E-state index is 0.379. The Hall–Kier alpha value is -0.610. The molecule has 0 spiro atoms. The van der Waals surface area contributed by atoms with Gasteiger partial charge in [0.25, 0.3) is 0 Å². The second kappa shape index (κ2) is 3.64. The minimum atomic E-state index is -2.94. The highest BCUT2D eigenvalue weighted by Gasteiger charge is 2.15. The van der Waals surface area contributed by atoms with E-state index >= 15 is 0 Å². The number of hydrogen-bond acceptors (Lipinski definition) is 2. The van der Waals surface area contributed by atoms with Crippen molar-refractivity contribution in [2.24, 2.45) is 0 Å². The van der Waals surface area contributed by atoms with Crippen molar-refractivity contribution in [2.75, 3.05) is 6.26 Å². The molecule has 0 saturated carbocycles. The number of rotatable bonds is 1. The van der Waals surface area contributed by atoms with E-state index in [9.17, 15) is 9.00 Å². The zero-order valence-electron chi connectivity index (χ0n) is 7.52. The van der Waals surface area contributed by atoms with E-state index in [1.807, 2.05) is 19.1 Å². The monoisotopic (exact) mass is 216 g/mol. The second-order valence-corrected chi connectivity index (χ2v) is 7.50. The van der Waals surface area contributed by atoms with Crippen molar-refractivity contribution in [1.29, 1.82) is 0 Å². The third-order valence-electron chi connectivity index (χ3n) is 1.68. The van der Waals surface area contributed by atoms with Gasteiger partial charge in [-0.3, -0.25) is 9.00 Å². The normalized spacial score (nSPS) is 12.5. The van der Waals surface area contributed by atoms with Gasteiger partial charge < -0.3 is 0 Å². The molecule has 0 bridgehead atoms. The van der Waals surface area contributed by atoms with Crippen molar-refractivity contribution < 1.29 is 9.00 Å². The highest BCUT2D eigenvalue weighted by Crippen LogP contribution is 2.14. The Morgan fingerprint density at radius 2 is 1.77 bits per heavy atom. The molecule has 13 heavy (non-hydrogen) atoms. The lowest BCUT2D eigenvalue weighted by Crippen LogP contribution is -2.14. The van der Waals surface area contributed by atoms with Gasteiger partial charge in [0.05, 0.1) is 0 Å². The minimum Gasteiger partial charge on any atom is -0.280 e. The molecule has 2 nitrogen and oxygen atoms in total. The first kappa shape index (κ1) is 10.5. The Bertz CT molecular complexity index is 362. The maximum atomic E-state index is 11.4. The van der Waals surface area contributed by atoms with Crippen LogP contribution in [0.15, 0.2) is 24.3 Å². The Kier molecular flexibility index (Phi) is 2.93. The zero-order valence-corrected chi connectivity index (χ0v) is 9.31. The number of hydrogen-bond donors (Lipinski definition) is 2. The Balaban J connectivity index is 3.04. The quantitative estimate of drug-likeness (QED) is 0.552. The summed E-state index contributed by atoms with van der Waals surface area (Å²) >= 11 is 3.79. The summed E-state index contributed by atoms with van der Waals surface area (Å²) in [6, 6.07) is 6.97. The van der Waals surface area contributed by atoms with Gasteiger partial charge in [0.1, 0.15) is 0 Å². The fourth-order valence-corrected chi connectivity index (χ4v) is 1.91. The van der Waals surface area contributed by atoms with E-state index in [0.29, 0.717) is 5.56 Å². The van der Waals surface area contributed by atoms with Crippen LogP contribution in [0.1, 0.15) is 15.9 Å². The molecule has 0 aliphatic carbocycles. The van der Waals surface area contributed by atoms with E-state index in [-0.39, 0.29) is 5.12 Å². The third kappa shape index (κ3) is 2.67. The fraction of sp³-hybridized carbons (Fsp3) is 0.222. The standard InChI is InChI=1S/C9H12O2S2/c1-7-3-5-8(6-4-7)9(10)13(2,11)12/h3-6,13H,1-2H3,(H,11,12). The number of carbonyl (C=O) groups excluding carboxylic acids is 1. The molecule has 1 aromatic carbocycles. The second-order valence-electron chi connectivity index (χ2n) is 3.05. The summed E-state index contributed by atoms with van der Waals surface area (Å²) in [6.07, 6.45) is 1.36. The third-order valence-corrected chi connectivity index (χ3v) is 3.23. The number of thiol groups is 2. The molecule has 0 unspecified atom stereocenters. The van der Waals surface area contributed by atoms with Crippen LogP contribution < -0.4 is 0 Å². The molecule has 0 aromatic heterocycles. The maximum absolute atomic E-state index is 11.4. The van der Waals surface area contributed by atoms with E-state index in [1.54, 1.807) is 12.1 Å². The average Bonchev–Trinajstić information content (AvgIpc) is 2.03. The highest BCUT2D eigenvalue weighted by molar-refractivity contribution is 8.75. The summed E-state index contributed by atoms with van der Waals surface area (Å²) in [5.74, 6) is 0. The molecule has 0 amide bonds. The summed E-state index contributed by atoms with van der Waals surface area (Å²) < 4.78 is 11.3. The first-order valence-electron chi connectivity index (χ1n) is 3.83. The molecule has 4 heteroatoms. The predicted molar refractivity (Wildman–Crippen MR) is 60.0 cm³/mol. The number of carbonyl (C=O) groups is 1. The van der Waals surface area contributed by atoms with Gasteiger partial charge in [0.2, 0.25) is 5.12 Å². The number of benzene rings is 1. The Morgan fingerprint density at radius 1 is 1.31 bits per heavy atom. The van der Waals surface area contributed by atoms with E-state index in [0.717, 1.165) is 5.56 Å². The van der Waals surface area contributed by atoms with E-state index in [4.69, 9.17) is 0 Å². The maximum Gasteiger partial charge on any atom is 0.234 e. The molecule has 1 aromatic rings. The summed E-state index contributed by atoms with van der Waals surface area (Å²) in [5.41, 5.74) is 1.54. The van der Waals surface area contributed by atoms with Crippen molar-refractivity contribution in [1.82, 2.24) is 0 Å². The topological polar surface area (TPSA) is 34.1 Å². The van der Waals surface area contributed by atoms with Crippen molar-refractivity contribution >= 4 is 25.7 Å². The molecule has 0 N–H and O–H groups in total. The van der Waals surface area contributed by atoms with Gasteiger partial charge in [0, 0.05) is 11.8 Å². The lowest BCUT2D eigenvalue weighted by molar-refractivity contribution is 0.108. The summed E-state index contributed by atoms with van der Waals surface area (Å²) in [6.45, 7) is 1.93. The Labute approximate surface area is 83.6 Å². The molecule has 0 aliphatic heterocycles. The van der Waals surface area contributed by atoms with Gasteiger partial charge in [0.15, 0.2) is 0 Å². The summed E-state index contributed by atoms with van der Waals surface area (Å²) in [4.78, 5) is 11.4. The first-order valence-corrected chi connectivity index (χ1v) is 7.14. The van der Waals surface area contributed by atoms with Crippen LogP contribution in [0.4, 0.5) is 0 Å². The predicted octanol–water partition coefficient (Wildman–Crippen LogP) is 1.63. The van der Waals surface area contributed by atoms with Crippen molar-refractivity contribution in [3.8, 4) is 0 Å². The fourth-order valence-electron chi connectivity index (χ4n) is 0.936. The van der Waals surface area contributed by atoms with Gasteiger partial charge in [-0.05, 0) is 15.9 Å². The zero-order chi connectivity index (χ0) is 10.1. The molecule has 0 heterocycles. The molecule has 0 atom stereocenters. The van der Waals surface area contributed by atoms with Crippen LogP contribution in [0.2, 0.25) is 0 Å². The van der Waals surface area contributed by atoms with Gasteiger partial charge in [-0.1, -0.05) is 41.5 Å². The van der Waals surface area contributed by atoms with Crippen LogP contribution in [0.25, 0.3) is 0 Å². The van der Waals surface area contributed by atoms with Gasteiger partial charge >= 0.3 is 0 Å². The van der Waals surface area contributed by atoms with Crippen molar-refractivity contribution in [3.63, 3.8) is 0 Å². The van der Waals surface area contributed by atoms with E-state index < -0.39 is 8.96 Å². The van der Waals surface area contributed by atoms with Crippen LogP contribution in [0.3, 0.4) is 0 Å².